The van der Waals surface area contributed by atoms with Crippen LogP contribution in [-0.2, 0) is 20.0 Å². The Morgan fingerprint density at radius 3 is 2.62 bits per heavy atom. The molecule has 138 valence electrons. The smallest absolute Gasteiger partial charge is 0.163 e. The van der Waals surface area contributed by atoms with Gasteiger partial charge in [-0.15, -0.1) is 0 Å². The van der Waals surface area contributed by atoms with Gasteiger partial charge in [0.2, 0.25) is 0 Å². The molecule has 0 bridgehead atoms. The van der Waals surface area contributed by atoms with Gasteiger partial charge in [-0.1, -0.05) is 6.92 Å². The summed E-state index contributed by atoms with van der Waals surface area (Å²) in [6, 6.07) is 0. The van der Waals surface area contributed by atoms with Crippen molar-refractivity contribution in [3.05, 3.63) is 24.7 Å². The van der Waals surface area contributed by atoms with E-state index >= 15 is 0 Å². The maximum absolute atomic E-state index is 4.86. The molecule has 1 aliphatic heterocycles. The standard InChI is InChI=1S/C17H25N9/c1-3-4-15-21-16-14(11-19-23(16)2)17(22-15)25-8-5-24(6-9-25)7-10-26-13-18-12-20-26/h11-13H,3-10H2,1-2H3. The van der Waals surface area contributed by atoms with Gasteiger partial charge in [0, 0.05) is 46.2 Å². The highest BCUT2D eigenvalue weighted by molar-refractivity contribution is 5.87. The summed E-state index contributed by atoms with van der Waals surface area (Å²) in [7, 11) is 1.94. The molecule has 9 heteroatoms. The molecule has 3 aromatic heterocycles. The van der Waals surface area contributed by atoms with Crippen LogP contribution in [0.25, 0.3) is 11.0 Å². The molecule has 4 rings (SSSR count). The molecule has 9 nitrogen and oxygen atoms in total. The van der Waals surface area contributed by atoms with E-state index in [2.05, 4.69) is 36.9 Å². The third-order valence-electron chi connectivity index (χ3n) is 4.88. The first-order valence-corrected chi connectivity index (χ1v) is 9.23. The van der Waals surface area contributed by atoms with Gasteiger partial charge in [0.15, 0.2) is 5.65 Å². The molecule has 0 aromatic carbocycles. The van der Waals surface area contributed by atoms with Gasteiger partial charge in [0.05, 0.1) is 18.1 Å². The first kappa shape index (κ1) is 16.9. The number of fused-ring (bicyclic) bond motifs is 1. The fourth-order valence-corrected chi connectivity index (χ4v) is 3.40. The van der Waals surface area contributed by atoms with Crippen molar-refractivity contribution < 1.29 is 0 Å². The van der Waals surface area contributed by atoms with E-state index in [-0.39, 0.29) is 0 Å². The van der Waals surface area contributed by atoms with E-state index in [4.69, 9.17) is 4.98 Å². The van der Waals surface area contributed by atoms with Crippen molar-refractivity contribution in [2.24, 2.45) is 7.05 Å². The minimum absolute atomic E-state index is 0.876. The van der Waals surface area contributed by atoms with Gasteiger partial charge in [-0.25, -0.2) is 15.0 Å². The first-order chi connectivity index (χ1) is 12.7. The van der Waals surface area contributed by atoms with E-state index in [1.54, 1.807) is 12.7 Å². The largest absolute Gasteiger partial charge is 0.353 e. The lowest BCUT2D eigenvalue weighted by molar-refractivity contribution is 0.244. The molecule has 0 saturated carbocycles. The van der Waals surface area contributed by atoms with Crippen LogP contribution in [0.15, 0.2) is 18.9 Å². The summed E-state index contributed by atoms with van der Waals surface area (Å²) in [5.41, 5.74) is 0.923. The van der Waals surface area contributed by atoms with E-state index in [1.165, 1.54) is 0 Å². The van der Waals surface area contributed by atoms with Crippen LogP contribution in [0.3, 0.4) is 0 Å². The minimum atomic E-state index is 0.876. The predicted octanol–water partition coefficient (Wildman–Crippen LogP) is 0.730. The number of hydrogen-bond acceptors (Lipinski definition) is 7. The van der Waals surface area contributed by atoms with Crippen LogP contribution in [0, 0.1) is 0 Å². The monoisotopic (exact) mass is 355 g/mol. The molecule has 0 unspecified atom stereocenters. The number of rotatable bonds is 6. The lowest BCUT2D eigenvalue weighted by atomic mass is 10.2. The van der Waals surface area contributed by atoms with Crippen molar-refractivity contribution in [2.75, 3.05) is 37.6 Å². The maximum Gasteiger partial charge on any atom is 0.163 e. The van der Waals surface area contributed by atoms with Crippen molar-refractivity contribution in [3.8, 4) is 0 Å². The molecule has 0 N–H and O–H groups in total. The highest BCUT2D eigenvalue weighted by Gasteiger charge is 2.22. The summed E-state index contributed by atoms with van der Waals surface area (Å²) < 4.78 is 3.72. The summed E-state index contributed by atoms with van der Waals surface area (Å²) in [5, 5.41) is 9.60. The van der Waals surface area contributed by atoms with Crippen LogP contribution in [0.2, 0.25) is 0 Å². The summed E-state index contributed by atoms with van der Waals surface area (Å²) in [6.45, 7) is 7.98. The Morgan fingerprint density at radius 2 is 1.88 bits per heavy atom. The van der Waals surface area contributed by atoms with Gasteiger partial charge < -0.3 is 4.90 Å². The van der Waals surface area contributed by atoms with Gasteiger partial charge in [0.1, 0.15) is 24.3 Å². The second kappa shape index (κ2) is 7.36. The van der Waals surface area contributed by atoms with E-state index in [9.17, 15) is 0 Å². The Morgan fingerprint density at radius 1 is 1.04 bits per heavy atom. The summed E-state index contributed by atoms with van der Waals surface area (Å²) in [5.74, 6) is 1.94. The highest BCUT2D eigenvalue weighted by Crippen LogP contribution is 2.24. The number of piperazine rings is 1. The SMILES string of the molecule is CCCc1nc(N2CCN(CCn3cncn3)CC2)c2cnn(C)c2n1. The lowest BCUT2D eigenvalue weighted by Gasteiger charge is -2.35. The quantitative estimate of drug-likeness (QED) is 0.645. The molecule has 0 aliphatic carbocycles. The Hall–Kier alpha value is -2.55. The predicted molar refractivity (Wildman–Crippen MR) is 99.0 cm³/mol. The minimum Gasteiger partial charge on any atom is -0.353 e. The van der Waals surface area contributed by atoms with E-state index in [0.29, 0.717) is 0 Å². The normalized spacial score (nSPS) is 15.8. The van der Waals surface area contributed by atoms with Gasteiger partial charge in [-0.2, -0.15) is 10.2 Å². The van der Waals surface area contributed by atoms with E-state index < -0.39 is 0 Å². The highest BCUT2D eigenvalue weighted by atomic mass is 15.3. The molecule has 1 fully saturated rings. The molecule has 0 spiro atoms. The Bertz CT molecular complexity index is 847. The van der Waals surface area contributed by atoms with Crippen molar-refractivity contribution in [3.63, 3.8) is 0 Å². The van der Waals surface area contributed by atoms with Crippen LogP contribution in [-0.4, -0.2) is 72.1 Å². The molecule has 0 amide bonds. The zero-order chi connectivity index (χ0) is 17.9. The van der Waals surface area contributed by atoms with Crippen LogP contribution >= 0.6 is 0 Å². The topological polar surface area (TPSA) is 80.8 Å². The Labute approximate surface area is 152 Å². The van der Waals surface area contributed by atoms with Crippen LogP contribution < -0.4 is 4.90 Å². The molecular formula is C17H25N9. The number of aromatic nitrogens is 7. The first-order valence-electron chi connectivity index (χ1n) is 9.23. The second-order valence-electron chi connectivity index (χ2n) is 6.71. The maximum atomic E-state index is 4.86. The third kappa shape index (κ3) is 3.39. The molecule has 3 aromatic rings. The van der Waals surface area contributed by atoms with Gasteiger partial charge in [-0.05, 0) is 6.42 Å². The zero-order valence-electron chi connectivity index (χ0n) is 15.4. The molecule has 4 heterocycles. The van der Waals surface area contributed by atoms with Crippen LogP contribution in [0.1, 0.15) is 19.2 Å². The Balaban J connectivity index is 1.46. The number of anilines is 1. The summed E-state index contributed by atoms with van der Waals surface area (Å²) in [4.78, 5) is 18.4. The fourth-order valence-electron chi connectivity index (χ4n) is 3.40. The molecule has 1 aliphatic rings. The van der Waals surface area contributed by atoms with Crippen LogP contribution in [0.5, 0.6) is 0 Å². The van der Waals surface area contributed by atoms with Crippen LogP contribution in [0.4, 0.5) is 5.82 Å². The second-order valence-corrected chi connectivity index (χ2v) is 6.71. The molecule has 0 radical (unpaired) electrons. The summed E-state index contributed by atoms with van der Waals surface area (Å²) >= 11 is 0. The number of aryl methyl sites for hydroxylation is 2. The van der Waals surface area contributed by atoms with Gasteiger partial charge in [0.25, 0.3) is 0 Å². The molecule has 1 saturated heterocycles. The number of nitrogens with zero attached hydrogens (tertiary/aromatic N) is 9. The molecule has 26 heavy (non-hydrogen) atoms. The average Bonchev–Trinajstić information content (AvgIpc) is 3.31. The summed E-state index contributed by atoms with van der Waals surface area (Å²) in [6.07, 6.45) is 7.17. The van der Waals surface area contributed by atoms with Gasteiger partial charge in [-0.3, -0.25) is 14.3 Å². The van der Waals surface area contributed by atoms with E-state index in [1.807, 2.05) is 22.6 Å². The van der Waals surface area contributed by atoms with Crippen molar-refractivity contribution >= 4 is 16.9 Å². The zero-order valence-corrected chi connectivity index (χ0v) is 15.4. The van der Waals surface area contributed by atoms with Gasteiger partial charge >= 0.3 is 0 Å². The van der Waals surface area contributed by atoms with Crippen molar-refractivity contribution in [1.82, 2.24) is 39.4 Å². The number of hydrogen-bond donors (Lipinski definition) is 0. The molecule has 0 atom stereocenters. The lowest BCUT2D eigenvalue weighted by Crippen LogP contribution is -2.47. The average molecular weight is 355 g/mol. The molecular weight excluding hydrogens is 330 g/mol. The Kier molecular flexibility index (Phi) is 4.79. The van der Waals surface area contributed by atoms with Crippen molar-refractivity contribution in [2.45, 2.75) is 26.3 Å². The van der Waals surface area contributed by atoms with Crippen molar-refractivity contribution in [1.29, 1.82) is 0 Å². The third-order valence-corrected chi connectivity index (χ3v) is 4.88. The fraction of sp³-hybridized carbons (Fsp3) is 0.588. The van der Waals surface area contributed by atoms with E-state index in [0.717, 1.165) is 74.8 Å².